The molecule has 6 nitrogen and oxygen atoms in total. The Morgan fingerprint density at radius 1 is 1.41 bits per heavy atom. The first-order valence-electron chi connectivity index (χ1n) is 10.0. The van der Waals surface area contributed by atoms with Gasteiger partial charge in [0, 0.05) is 24.7 Å². The van der Waals surface area contributed by atoms with Crippen LogP contribution in [0.15, 0.2) is 15.6 Å². The third-order valence-electron chi connectivity index (χ3n) is 5.51. The van der Waals surface area contributed by atoms with Crippen molar-refractivity contribution in [3.8, 4) is 0 Å². The van der Waals surface area contributed by atoms with Gasteiger partial charge in [-0.05, 0) is 45.7 Å². The van der Waals surface area contributed by atoms with Crippen molar-refractivity contribution >= 4 is 29.9 Å². The molecule has 0 radical (unpaired) electrons. The van der Waals surface area contributed by atoms with Gasteiger partial charge in [-0.1, -0.05) is 38.8 Å². The molecule has 1 aliphatic rings. The molecule has 156 valence electrons. The molecule has 0 aliphatic heterocycles. The Bertz CT molecular complexity index is 587. The highest BCUT2D eigenvalue weighted by atomic mass is 127. The fourth-order valence-corrected chi connectivity index (χ4v) is 3.78. The van der Waals surface area contributed by atoms with Crippen molar-refractivity contribution < 1.29 is 4.52 Å². The number of nitrogens with zero attached hydrogens (tertiary/aromatic N) is 3. The van der Waals surface area contributed by atoms with Gasteiger partial charge in [-0.2, -0.15) is 0 Å². The average molecular weight is 491 g/mol. The van der Waals surface area contributed by atoms with Gasteiger partial charge in [0.2, 0.25) is 0 Å². The van der Waals surface area contributed by atoms with E-state index < -0.39 is 0 Å². The number of guanidine groups is 1. The Hall–Kier alpha value is -0.830. The third kappa shape index (κ3) is 6.93. The van der Waals surface area contributed by atoms with E-state index in [1.54, 1.807) is 0 Å². The second kappa shape index (κ2) is 11.2. The second-order valence-corrected chi connectivity index (χ2v) is 8.24. The number of aliphatic imine (C=N–C) groups is 1. The lowest BCUT2D eigenvalue weighted by molar-refractivity contribution is 0.0795. The van der Waals surface area contributed by atoms with Crippen molar-refractivity contribution in [2.75, 3.05) is 27.2 Å². The van der Waals surface area contributed by atoms with Gasteiger partial charge in [0.05, 0.1) is 5.69 Å². The first kappa shape index (κ1) is 24.2. The molecule has 1 fully saturated rings. The zero-order valence-corrected chi connectivity index (χ0v) is 20.2. The fraction of sp³-hybridized carbons (Fsp3) is 0.800. The van der Waals surface area contributed by atoms with Crippen LogP contribution in [0.1, 0.15) is 70.8 Å². The molecule has 0 amide bonds. The molecule has 0 aromatic carbocycles. The molecular weight excluding hydrogens is 453 g/mol. The van der Waals surface area contributed by atoms with Crippen LogP contribution in [0, 0.1) is 5.92 Å². The molecule has 2 unspecified atom stereocenters. The first-order chi connectivity index (χ1) is 12.4. The lowest BCUT2D eigenvalue weighted by Gasteiger charge is -2.45. The van der Waals surface area contributed by atoms with Crippen LogP contribution >= 0.6 is 24.0 Å². The highest BCUT2D eigenvalue weighted by Crippen LogP contribution is 2.35. The van der Waals surface area contributed by atoms with E-state index in [1.165, 1.54) is 25.7 Å². The molecular formula is C20H38IN5O. The van der Waals surface area contributed by atoms with E-state index in [0.717, 1.165) is 36.4 Å². The quantitative estimate of drug-likeness (QED) is 0.343. The summed E-state index contributed by atoms with van der Waals surface area (Å²) in [5.41, 5.74) is 1.18. The van der Waals surface area contributed by atoms with Gasteiger partial charge < -0.3 is 20.1 Å². The second-order valence-electron chi connectivity index (χ2n) is 8.24. The van der Waals surface area contributed by atoms with E-state index >= 15 is 0 Å². The van der Waals surface area contributed by atoms with Gasteiger partial charge in [0.25, 0.3) is 0 Å². The first-order valence-corrected chi connectivity index (χ1v) is 10.0. The minimum atomic E-state index is 0. The normalized spacial score (nSPS) is 23.4. The predicted octanol–water partition coefficient (Wildman–Crippen LogP) is 3.98. The molecule has 0 spiro atoms. The zero-order valence-electron chi connectivity index (χ0n) is 17.8. The molecule has 27 heavy (non-hydrogen) atoms. The standard InChI is InChI=1S/C20H37N5O.HI/c1-7-21-19(22-13-17-11-18(15(2)3)24-26-17)23-14-20(25(5)6)10-8-9-16(4)12-20;/h11,15-16H,7-10,12-14H2,1-6H3,(H2,21,22,23);1H. The van der Waals surface area contributed by atoms with Gasteiger partial charge in [-0.15, -0.1) is 24.0 Å². The number of rotatable bonds is 7. The van der Waals surface area contributed by atoms with Crippen LogP contribution < -0.4 is 10.6 Å². The molecule has 2 rings (SSSR count). The maximum atomic E-state index is 5.40. The van der Waals surface area contributed by atoms with Gasteiger partial charge >= 0.3 is 0 Å². The van der Waals surface area contributed by atoms with E-state index in [-0.39, 0.29) is 29.5 Å². The Balaban J connectivity index is 0.00000364. The van der Waals surface area contributed by atoms with Gasteiger partial charge in [-0.25, -0.2) is 4.99 Å². The number of aromatic nitrogens is 1. The topological polar surface area (TPSA) is 65.7 Å². The van der Waals surface area contributed by atoms with Gasteiger partial charge in [-0.3, -0.25) is 0 Å². The summed E-state index contributed by atoms with van der Waals surface area (Å²) in [6.45, 7) is 10.9. The van der Waals surface area contributed by atoms with E-state index in [2.05, 4.69) is 62.5 Å². The predicted molar refractivity (Wildman–Crippen MR) is 123 cm³/mol. The van der Waals surface area contributed by atoms with Crippen molar-refractivity contribution in [3.05, 3.63) is 17.5 Å². The molecule has 1 heterocycles. The molecule has 0 saturated heterocycles. The van der Waals surface area contributed by atoms with Crippen LogP contribution in [0.4, 0.5) is 0 Å². The fourth-order valence-electron chi connectivity index (χ4n) is 3.78. The summed E-state index contributed by atoms with van der Waals surface area (Å²) in [4.78, 5) is 7.09. The maximum absolute atomic E-state index is 5.40. The molecule has 1 aromatic rings. The van der Waals surface area contributed by atoms with Crippen LogP contribution in [0.25, 0.3) is 0 Å². The van der Waals surface area contributed by atoms with Crippen molar-refractivity contribution in [2.45, 2.75) is 71.4 Å². The average Bonchev–Trinajstić information content (AvgIpc) is 3.06. The summed E-state index contributed by atoms with van der Waals surface area (Å²) in [6, 6.07) is 2.00. The van der Waals surface area contributed by atoms with Gasteiger partial charge in [0.1, 0.15) is 6.54 Å². The Kier molecular flexibility index (Phi) is 10.1. The minimum absolute atomic E-state index is 0. The largest absolute Gasteiger partial charge is 0.359 e. The summed E-state index contributed by atoms with van der Waals surface area (Å²) in [7, 11) is 4.40. The summed E-state index contributed by atoms with van der Waals surface area (Å²) < 4.78 is 5.40. The van der Waals surface area contributed by atoms with Crippen molar-refractivity contribution in [3.63, 3.8) is 0 Å². The number of likely N-dealkylation sites (N-methyl/N-ethyl adjacent to an activating group) is 1. The van der Waals surface area contributed by atoms with Crippen LogP contribution in [0.2, 0.25) is 0 Å². The third-order valence-corrected chi connectivity index (χ3v) is 5.51. The number of hydrogen-bond acceptors (Lipinski definition) is 4. The smallest absolute Gasteiger partial charge is 0.191 e. The monoisotopic (exact) mass is 491 g/mol. The lowest BCUT2D eigenvalue weighted by Crippen LogP contribution is -2.56. The number of halogens is 1. The van der Waals surface area contributed by atoms with Crippen LogP contribution in [-0.4, -0.2) is 48.7 Å². The summed E-state index contributed by atoms with van der Waals surface area (Å²) in [5.74, 6) is 2.79. The van der Waals surface area contributed by atoms with Crippen LogP contribution in [0.3, 0.4) is 0 Å². The zero-order chi connectivity index (χ0) is 19.2. The van der Waals surface area contributed by atoms with E-state index in [9.17, 15) is 0 Å². The highest BCUT2D eigenvalue weighted by Gasteiger charge is 2.36. The molecule has 2 atom stereocenters. The van der Waals surface area contributed by atoms with Crippen LogP contribution in [0.5, 0.6) is 0 Å². The van der Waals surface area contributed by atoms with Crippen LogP contribution in [-0.2, 0) is 6.54 Å². The summed E-state index contributed by atoms with van der Waals surface area (Å²) in [6.07, 6.45) is 5.10. The molecule has 7 heteroatoms. The van der Waals surface area contributed by atoms with E-state index in [4.69, 9.17) is 9.52 Å². The Morgan fingerprint density at radius 3 is 2.70 bits per heavy atom. The van der Waals surface area contributed by atoms with Crippen molar-refractivity contribution in [2.24, 2.45) is 10.9 Å². The maximum Gasteiger partial charge on any atom is 0.191 e. The number of nitrogens with one attached hydrogen (secondary N) is 2. The Labute approximate surface area is 181 Å². The summed E-state index contributed by atoms with van der Waals surface area (Å²) in [5, 5.41) is 11.0. The molecule has 2 N–H and O–H groups in total. The molecule has 0 bridgehead atoms. The van der Waals surface area contributed by atoms with Crippen molar-refractivity contribution in [1.29, 1.82) is 0 Å². The SMILES string of the molecule is CCNC(=NCc1cc(C(C)C)no1)NCC1(N(C)C)CCCC(C)C1.I. The highest BCUT2D eigenvalue weighted by molar-refractivity contribution is 14.0. The van der Waals surface area contributed by atoms with E-state index in [1.807, 2.05) is 6.07 Å². The van der Waals surface area contributed by atoms with E-state index in [0.29, 0.717) is 12.5 Å². The molecule has 1 aromatic heterocycles. The lowest BCUT2D eigenvalue weighted by atomic mass is 9.75. The minimum Gasteiger partial charge on any atom is -0.359 e. The number of hydrogen-bond donors (Lipinski definition) is 2. The molecule has 1 aliphatic carbocycles. The Morgan fingerprint density at radius 2 is 2.15 bits per heavy atom. The van der Waals surface area contributed by atoms with Crippen molar-refractivity contribution in [1.82, 2.24) is 20.7 Å². The molecule has 1 saturated carbocycles. The summed E-state index contributed by atoms with van der Waals surface area (Å²) >= 11 is 0. The van der Waals surface area contributed by atoms with Gasteiger partial charge in [0.15, 0.2) is 11.7 Å².